The molecule has 0 spiro atoms. The average Bonchev–Trinajstić information content (AvgIpc) is 2.71. The van der Waals surface area contributed by atoms with Crippen molar-refractivity contribution >= 4 is 45.4 Å². The van der Waals surface area contributed by atoms with E-state index in [1.165, 1.54) is 11.8 Å². The fourth-order valence-corrected chi connectivity index (χ4v) is 3.55. The molecule has 3 aromatic rings. The van der Waals surface area contributed by atoms with Crippen LogP contribution in [0.25, 0.3) is 21.7 Å². The van der Waals surface area contributed by atoms with Crippen LogP contribution in [0, 0.1) is 6.92 Å². The van der Waals surface area contributed by atoms with Gasteiger partial charge in [0.15, 0.2) is 6.61 Å². The smallest absolute Gasteiger partial charge is 0.344 e. The average molecular weight is 414 g/mol. The lowest BCUT2D eigenvalue weighted by Crippen LogP contribution is -2.49. The molecule has 2 aromatic carbocycles. The molecule has 0 fully saturated rings. The zero-order valence-corrected chi connectivity index (χ0v) is 16.8. The highest BCUT2D eigenvalue weighted by molar-refractivity contribution is 7.98. The summed E-state index contributed by atoms with van der Waals surface area (Å²) in [5.74, 6) is -0.945. The summed E-state index contributed by atoms with van der Waals surface area (Å²) in [6.45, 7) is 1.36. The van der Waals surface area contributed by atoms with Gasteiger partial charge >= 0.3 is 5.63 Å². The Morgan fingerprint density at radius 1 is 1.17 bits per heavy atom. The number of hydrogen-bond acceptors (Lipinski definition) is 7. The Bertz CT molecular complexity index is 1120. The van der Waals surface area contributed by atoms with Crippen molar-refractivity contribution in [3.8, 4) is 5.75 Å². The molecule has 0 saturated carbocycles. The van der Waals surface area contributed by atoms with Gasteiger partial charge in [-0.3, -0.25) is 4.79 Å². The molecule has 0 aliphatic carbocycles. The Hall–Kier alpha value is -3.00. The molecule has 29 heavy (non-hydrogen) atoms. The number of carboxylic acids is 1. The number of rotatable bonds is 8. The van der Waals surface area contributed by atoms with Crippen LogP contribution in [-0.2, 0) is 9.59 Å². The maximum absolute atomic E-state index is 12.3. The van der Waals surface area contributed by atoms with Crippen LogP contribution in [0.5, 0.6) is 5.75 Å². The quantitative estimate of drug-likeness (QED) is 0.441. The van der Waals surface area contributed by atoms with E-state index in [1.807, 2.05) is 18.4 Å². The number of benzene rings is 2. The highest BCUT2D eigenvalue weighted by atomic mass is 32.2. The Morgan fingerprint density at radius 2 is 1.90 bits per heavy atom. The third kappa shape index (κ3) is 4.54. The number of carbonyl (C=O) groups is 2. The highest BCUT2D eigenvalue weighted by Gasteiger charge is 2.16. The van der Waals surface area contributed by atoms with Gasteiger partial charge in [-0.25, -0.2) is 4.79 Å². The summed E-state index contributed by atoms with van der Waals surface area (Å²) >= 11 is 1.48. The number of fused-ring (bicyclic) bond motifs is 3. The zero-order valence-electron chi connectivity index (χ0n) is 16.0. The van der Waals surface area contributed by atoms with Crippen molar-refractivity contribution in [1.29, 1.82) is 0 Å². The van der Waals surface area contributed by atoms with Gasteiger partial charge in [0.1, 0.15) is 11.3 Å². The number of amides is 1. The van der Waals surface area contributed by atoms with Gasteiger partial charge in [0.05, 0.1) is 17.4 Å². The molecule has 1 N–H and O–H groups in total. The molecule has 8 heteroatoms. The van der Waals surface area contributed by atoms with Gasteiger partial charge in [-0.05, 0) is 48.9 Å². The predicted octanol–water partition coefficient (Wildman–Crippen LogP) is 1.62. The van der Waals surface area contributed by atoms with Crippen LogP contribution in [0.3, 0.4) is 0 Å². The number of aliphatic carboxylic acids is 1. The van der Waals surface area contributed by atoms with E-state index < -0.39 is 23.5 Å². The van der Waals surface area contributed by atoms with E-state index in [2.05, 4.69) is 5.32 Å². The molecule has 0 unspecified atom stereocenters. The maximum atomic E-state index is 12.3. The number of carboxylic acid groups (broad SMARTS) is 1. The molecule has 152 valence electrons. The largest absolute Gasteiger partial charge is 0.548 e. The molecular formula is C21H20NO6S-. The fourth-order valence-electron chi connectivity index (χ4n) is 3.08. The summed E-state index contributed by atoms with van der Waals surface area (Å²) < 4.78 is 11.0. The molecular weight excluding hydrogens is 394 g/mol. The van der Waals surface area contributed by atoms with Crippen LogP contribution in [0.1, 0.15) is 12.0 Å². The summed E-state index contributed by atoms with van der Waals surface area (Å²) in [5.41, 5.74) is 0.521. The van der Waals surface area contributed by atoms with E-state index >= 15 is 0 Å². The third-order valence-corrected chi connectivity index (χ3v) is 5.22. The monoisotopic (exact) mass is 414 g/mol. The first-order chi connectivity index (χ1) is 13.9. The van der Waals surface area contributed by atoms with Gasteiger partial charge in [-0.1, -0.05) is 18.2 Å². The number of hydrogen-bond donors (Lipinski definition) is 1. The topological polar surface area (TPSA) is 109 Å². The number of carbonyl (C=O) groups excluding carboxylic acids is 2. The van der Waals surface area contributed by atoms with Crippen molar-refractivity contribution in [2.45, 2.75) is 19.4 Å². The predicted molar refractivity (Wildman–Crippen MR) is 110 cm³/mol. The first-order valence-corrected chi connectivity index (χ1v) is 10.4. The highest BCUT2D eigenvalue weighted by Crippen LogP contribution is 2.30. The van der Waals surface area contributed by atoms with Gasteiger partial charge in [-0.15, -0.1) is 0 Å². The van der Waals surface area contributed by atoms with Crippen molar-refractivity contribution < 1.29 is 23.8 Å². The minimum Gasteiger partial charge on any atom is -0.548 e. The zero-order chi connectivity index (χ0) is 21.0. The summed E-state index contributed by atoms with van der Waals surface area (Å²) in [7, 11) is 0. The van der Waals surface area contributed by atoms with E-state index in [0.29, 0.717) is 28.0 Å². The van der Waals surface area contributed by atoms with Gasteiger partial charge in [0.2, 0.25) is 0 Å². The summed E-state index contributed by atoms with van der Waals surface area (Å²) in [6.07, 6.45) is 2.11. The number of ether oxygens (including phenoxy) is 1. The van der Waals surface area contributed by atoms with Crippen molar-refractivity contribution in [1.82, 2.24) is 5.32 Å². The van der Waals surface area contributed by atoms with Gasteiger partial charge in [0, 0.05) is 10.9 Å². The van der Waals surface area contributed by atoms with Crippen LogP contribution >= 0.6 is 11.8 Å². The van der Waals surface area contributed by atoms with Crippen molar-refractivity contribution in [3.05, 3.63) is 52.4 Å². The van der Waals surface area contributed by atoms with Crippen LogP contribution in [0.2, 0.25) is 0 Å². The summed E-state index contributed by atoms with van der Waals surface area (Å²) in [6, 6.07) is 9.56. The van der Waals surface area contributed by atoms with Crippen LogP contribution in [0.15, 0.2) is 45.6 Å². The van der Waals surface area contributed by atoms with Crippen molar-refractivity contribution in [2.75, 3.05) is 18.6 Å². The molecule has 1 atom stereocenters. The van der Waals surface area contributed by atoms with E-state index in [4.69, 9.17) is 9.15 Å². The molecule has 1 aromatic heterocycles. The molecule has 1 heterocycles. The second kappa shape index (κ2) is 9.00. The molecule has 7 nitrogen and oxygen atoms in total. The molecule has 0 radical (unpaired) electrons. The first-order valence-electron chi connectivity index (χ1n) is 8.99. The van der Waals surface area contributed by atoms with Gasteiger partial charge < -0.3 is 24.4 Å². The SMILES string of the molecule is CSCC[C@H](NC(=O)COc1ccc2c(oc(=O)c3ccccc32)c1C)C(=O)[O-]. The van der Waals surface area contributed by atoms with E-state index in [0.717, 1.165) is 10.8 Å². The van der Waals surface area contributed by atoms with Crippen LogP contribution < -0.4 is 20.8 Å². The van der Waals surface area contributed by atoms with Crippen LogP contribution in [0.4, 0.5) is 0 Å². The minimum atomic E-state index is -1.33. The van der Waals surface area contributed by atoms with E-state index in [-0.39, 0.29) is 13.0 Å². The Morgan fingerprint density at radius 3 is 2.59 bits per heavy atom. The van der Waals surface area contributed by atoms with Crippen molar-refractivity contribution in [3.63, 3.8) is 0 Å². The Kier molecular flexibility index (Phi) is 6.43. The lowest BCUT2D eigenvalue weighted by atomic mass is 10.0. The normalized spacial score (nSPS) is 12.1. The van der Waals surface area contributed by atoms with E-state index in [9.17, 15) is 19.5 Å². The first kappa shape index (κ1) is 20.7. The van der Waals surface area contributed by atoms with Crippen molar-refractivity contribution in [2.24, 2.45) is 0 Å². The Balaban J connectivity index is 1.79. The molecule has 1 amide bonds. The minimum absolute atomic E-state index is 0.266. The van der Waals surface area contributed by atoms with Crippen LogP contribution in [-0.4, -0.2) is 36.5 Å². The number of thioether (sulfide) groups is 1. The molecule has 0 saturated heterocycles. The maximum Gasteiger partial charge on any atom is 0.344 e. The number of nitrogens with one attached hydrogen (secondary N) is 1. The lowest BCUT2D eigenvalue weighted by molar-refractivity contribution is -0.308. The second-order valence-electron chi connectivity index (χ2n) is 6.51. The Labute approximate surface area is 171 Å². The standard InChI is InChI=1S/C21H21NO6S/c1-12-17(27-11-18(23)22-16(20(24)25)9-10-29-2)8-7-14-13-5-3-4-6-15(13)21(26)28-19(12)14/h3-8,16H,9-11H2,1-2H3,(H,22,23)(H,24,25)/p-1/t16-/m0/s1. The lowest BCUT2D eigenvalue weighted by Gasteiger charge is -2.19. The fraction of sp³-hybridized carbons (Fsp3) is 0.286. The second-order valence-corrected chi connectivity index (χ2v) is 7.50. The molecule has 0 aliphatic heterocycles. The van der Waals surface area contributed by atoms with Gasteiger partial charge in [-0.2, -0.15) is 11.8 Å². The van der Waals surface area contributed by atoms with Gasteiger partial charge in [0.25, 0.3) is 5.91 Å². The summed E-state index contributed by atoms with van der Waals surface area (Å²) in [4.78, 5) is 35.5. The summed E-state index contributed by atoms with van der Waals surface area (Å²) in [5, 5.41) is 15.6. The molecule has 3 rings (SSSR count). The number of aryl methyl sites for hydroxylation is 1. The third-order valence-electron chi connectivity index (χ3n) is 4.58. The molecule has 0 bridgehead atoms. The van der Waals surface area contributed by atoms with E-state index in [1.54, 1.807) is 31.2 Å². The molecule has 0 aliphatic rings.